The first-order valence-electron chi connectivity index (χ1n) is 12.8. The highest BCUT2D eigenvalue weighted by atomic mass is 35.5. The Morgan fingerprint density at radius 2 is 1.92 bits per heavy atom. The first-order chi connectivity index (χ1) is 18.7. The lowest BCUT2D eigenvalue weighted by Gasteiger charge is -2.39. The lowest BCUT2D eigenvalue weighted by molar-refractivity contribution is 0.0196. The number of halogens is 1. The maximum atomic E-state index is 14.1. The predicted molar refractivity (Wildman–Crippen MR) is 150 cm³/mol. The summed E-state index contributed by atoms with van der Waals surface area (Å²) in [4.78, 5) is 39.5. The topological polar surface area (TPSA) is 101 Å². The van der Waals surface area contributed by atoms with E-state index in [2.05, 4.69) is 20.2 Å². The van der Waals surface area contributed by atoms with Gasteiger partial charge in [-0.05, 0) is 87.5 Å². The summed E-state index contributed by atoms with van der Waals surface area (Å²) in [5, 5.41) is 10.3. The maximum absolute atomic E-state index is 14.1. The number of anilines is 1. The van der Waals surface area contributed by atoms with Gasteiger partial charge in [0.15, 0.2) is 0 Å². The number of rotatable bonds is 4. The van der Waals surface area contributed by atoms with E-state index in [0.29, 0.717) is 42.5 Å². The monoisotopic (exact) mass is 544 g/mol. The summed E-state index contributed by atoms with van der Waals surface area (Å²) < 4.78 is 5.62. The van der Waals surface area contributed by atoms with Crippen LogP contribution >= 0.6 is 11.6 Å². The number of aromatic nitrogens is 4. The van der Waals surface area contributed by atoms with Crippen LogP contribution in [0.2, 0.25) is 5.02 Å². The quantitative estimate of drug-likeness (QED) is 0.320. The van der Waals surface area contributed by atoms with Gasteiger partial charge in [0.25, 0.3) is 5.91 Å². The van der Waals surface area contributed by atoms with Crippen LogP contribution in [0.25, 0.3) is 22.0 Å². The average molecular weight is 545 g/mol. The number of benzene rings is 1. The molecule has 0 N–H and O–H groups in total. The molecule has 0 aliphatic carbocycles. The van der Waals surface area contributed by atoms with Crippen LogP contribution < -0.4 is 4.90 Å². The van der Waals surface area contributed by atoms with E-state index in [1.807, 2.05) is 45.0 Å². The minimum Gasteiger partial charge on any atom is -0.444 e. The van der Waals surface area contributed by atoms with E-state index >= 15 is 0 Å². The maximum Gasteiger partial charge on any atom is 0.410 e. The Labute approximate surface area is 231 Å². The zero-order valence-corrected chi connectivity index (χ0v) is 22.8. The predicted octanol–water partition coefficient (Wildman–Crippen LogP) is 5.79. The molecule has 0 saturated carbocycles. The number of ether oxygens (including phenoxy) is 1. The fraction of sp³-hybridized carbons (Fsp3) is 0.310. The first-order valence-corrected chi connectivity index (χ1v) is 13.2. The largest absolute Gasteiger partial charge is 0.444 e. The van der Waals surface area contributed by atoms with Gasteiger partial charge in [-0.25, -0.2) is 9.78 Å². The van der Waals surface area contributed by atoms with Gasteiger partial charge < -0.3 is 9.64 Å². The van der Waals surface area contributed by atoms with Gasteiger partial charge in [-0.15, -0.1) is 0 Å². The standard InChI is InChI=1S/C29H29ClN6O3/c1-29(2,3)39-28(38)35-15-5-6-22(18-35)36(26-23-10-9-21(30)16-19(23)12-14-31-26)27(37)25-11-8-20(17-32-25)24-7-4-13-33-34-24/h4,7-14,16-17,22H,5-6,15,18H2,1-3H3/t22-/m1/s1. The van der Waals surface area contributed by atoms with Gasteiger partial charge >= 0.3 is 6.09 Å². The number of piperidine rings is 1. The number of fused-ring (bicyclic) bond motifs is 1. The van der Waals surface area contributed by atoms with Crippen LogP contribution in [0.15, 0.2) is 67.1 Å². The summed E-state index contributed by atoms with van der Waals surface area (Å²) in [7, 11) is 0. The second-order valence-electron chi connectivity index (χ2n) is 10.4. The molecule has 39 heavy (non-hydrogen) atoms. The molecule has 200 valence electrons. The molecule has 1 saturated heterocycles. The molecular formula is C29H29ClN6O3. The Morgan fingerprint density at radius 3 is 2.64 bits per heavy atom. The van der Waals surface area contributed by atoms with Crippen LogP contribution in [0, 0.1) is 0 Å². The summed E-state index contributed by atoms with van der Waals surface area (Å²) in [6.45, 7) is 6.37. The van der Waals surface area contributed by atoms with Gasteiger partial charge in [-0.2, -0.15) is 10.2 Å². The molecule has 5 rings (SSSR count). The minimum absolute atomic E-state index is 0.254. The van der Waals surface area contributed by atoms with E-state index in [0.717, 1.165) is 16.3 Å². The normalized spacial score (nSPS) is 15.7. The van der Waals surface area contributed by atoms with Crippen molar-refractivity contribution in [3.05, 3.63) is 77.8 Å². The summed E-state index contributed by atoms with van der Waals surface area (Å²) in [5.74, 6) is 0.177. The summed E-state index contributed by atoms with van der Waals surface area (Å²) in [6.07, 6.45) is 5.87. The Balaban J connectivity index is 1.52. The molecule has 2 amide bonds. The van der Waals surface area contributed by atoms with E-state index in [9.17, 15) is 9.59 Å². The van der Waals surface area contributed by atoms with Crippen molar-refractivity contribution in [2.24, 2.45) is 0 Å². The Morgan fingerprint density at radius 1 is 1.08 bits per heavy atom. The smallest absolute Gasteiger partial charge is 0.410 e. The van der Waals surface area contributed by atoms with Gasteiger partial charge in [0.05, 0.1) is 11.7 Å². The number of likely N-dealkylation sites (tertiary alicyclic amines) is 1. The molecule has 4 heterocycles. The van der Waals surface area contributed by atoms with Crippen molar-refractivity contribution in [3.8, 4) is 11.3 Å². The zero-order valence-electron chi connectivity index (χ0n) is 22.0. The Kier molecular flexibility index (Phi) is 7.43. The van der Waals surface area contributed by atoms with Crippen molar-refractivity contribution >= 4 is 40.2 Å². The van der Waals surface area contributed by atoms with Crippen molar-refractivity contribution in [1.29, 1.82) is 0 Å². The molecule has 1 fully saturated rings. The number of carbonyl (C=O) groups is 2. The number of hydrogen-bond acceptors (Lipinski definition) is 7. The number of amides is 2. The zero-order chi connectivity index (χ0) is 27.6. The van der Waals surface area contributed by atoms with Crippen LogP contribution in [0.1, 0.15) is 44.1 Å². The van der Waals surface area contributed by atoms with Crippen LogP contribution in [-0.4, -0.2) is 61.8 Å². The fourth-order valence-electron chi connectivity index (χ4n) is 4.67. The van der Waals surface area contributed by atoms with Crippen LogP contribution in [0.3, 0.4) is 0 Å². The highest BCUT2D eigenvalue weighted by Gasteiger charge is 2.35. The molecule has 1 aliphatic heterocycles. The van der Waals surface area contributed by atoms with Gasteiger partial charge in [-0.1, -0.05) is 11.6 Å². The fourth-order valence-corrected chi connectivity index (χ4v) is 4.85. The summed E-state index contributed by atoms with van der Waals surface area (Å²) in [6, 6.07) is 14.1. The third-order valence-electron chi connectivity index (χ3n) is 6.42. The van der Waals surface area contributed by atoms with Crippen molar-refractivity contribution < 1.29 is 14.3 Å². The molecule has 1 atom stereocenters. The van der Waals surface area contributed by atoms with Gasteiger partial charge in [0.1, 0.15) is 17.1 Å². The number of pyridine rings is 2. The SMILES string of the molecule is CC(C)(C)OC(=O)N1CCC[C@@H](N(C(=O)c2ccc(-c3cccnn3)cn2)c2nccc3cc(Cl)ccc23)C1. The third-order valence-corrected chi connectivity index (χ3v) is 6.65. The average Bonchev–Trinajstić information content (AvgIpc) is 2.93. The Hall–Kier alpha value is -4.11. The molecule has 0 radical (unpaired) electrons. The van der Waals surface area contributed by atoms with E-state index in [4.69, 9.17) is 16.3 Å². The van der Waals surface area contributed by atoms with E-state index in [1.54, 1.807) is 52.7 Å². The molecule has 0 spiro atoms. The molecule has 3 aromatic heterocycles. The van der Waals surface area contributed by atoms with Crippen LogP contribution in [0.5, 0.6) is 0 Å². The van der Waals surface area contributed by atoms with E-state index in [1.165, 1.54) is 0 Å². The Bertz CT molecular complexity index is 1490. The lowest BCUT2D eigenvalue weighted by Crippen LogP contribution is -2.53. The van der Waals surface area contributed by atoms with Crippen LogP contribution in [0.4, 0.5) is 10.6 Å². The van der Waals surface area contributed by atoms with Crippen molar-refractivity contribution in [2.75, 3.05) is 18.0 Å². The van der Waals surface area contributed by atoms with Gasteiger partial charge in [-0.3, -0.25) is 14.7 Å². The number of hydrogen-bond donors (Lipinski definition) is 0. The molecular weight excluding hydrogens is 516 g/mol. The lowest BCUT2D eigenvalue weighted by atomic mass is 10.0. The first kappa shape index (κ1) is 26.5. The van der Waals surface area contributed by atoms with Gasteiger partial charge in [0, 0.05) is 47.7 Å². The summed E-state index contributed by atoms with van der Waals surface area (Å²) in [5.41, 5.74) is 1.04. The molecule has 0 bridgehead atoms. The molecule has 0 unspecified atom stereocenters. The van der Waals surface area contributed by atoms with E-state index < -0.39 is 11.7 Å². The van der Waals surface area contributed by atoms with Gasteiger partial charge in [0.2, 0.25) is 0 Å². The molecule has 1 aromatic carbocycles. The number of nitrogens with zero attached hydrogens (tertiary/aromatic N) is 6. The molecule has 9 nitrogen and oxygen atoms in total. The van der Waals surface area contributed by atoms with Crippen molar-refractivity contribution in [2.45, 2.75) is 45.3 Å². The molecule has 10 heteroatoms. The molecule has 4 aromatic rings. The third kappa shape index (κ3) is 5.98. The summed E-state index contributed by atoms with van der Waals surface area (Å²) >= 11 is 6.25. The van der Waals surface area contributed by atoms with Crippen molar-refractivity contribution in [1.82, 2.24) is 25.1 Å². The number of carbonyl (C=O) groups excluding carboxylic acids is 2. The second kappa shape index (κ2) is 10.9. The van der Waals surface area contributed by atoms with Crippen molar-refractivity contribution in [3.63, 3.8) is 0 Å². The van der Waals surface area contributed by atoms with Crippen LogP contribution in [-0.2, 0) is 4.74 Å². The minimum atomic E-state index is -0.620. The molecule has 1 aliphatic rings. The van der Waals surface area contributed by atoms with E-state index in [-0.39, 0.29) is 17.6 Å². The highest BCUT2D eigenvalue weighted by molar-refractivity contribution is 6.31. The second-order valence-corrected chi connectivity index (χ2v) is 10.9. The highest BCUT2D eigenvalue weighted by Crippen LogP contribution is 2.32.